The van der Waals surface area contributed by atoms with Crippen molar-refractivity contribution in [2.24, 2.45) is 0 Å². The van der Waals surface area contributed by atoms with Crippen molar-refractivity contribution in [2.75, 3.05) is 20.3 Å². The molecule has 0 aliphatic rings. The van der Waals surface area contributed by atoms with Crippen molar-refractivity contribution in [3.05, 3.63) is 59.2 Å². The Labute approximate surface area is 182 Å². The molecule has 1 N–H and O–H groups in total. The van der Waals surface area contributed by atoms with Crippen molar-refractivity contribution in [1.29, 1.82) is 5.26 Å². The van der Waals surface area contributed by atoms with Gasteiger partial charge in [0.05, 0.1) is 7.11 Å². The van der Waals surface area contributed by atoms with Gasteiger partial charge in [0.15, 0.2) is 18.1 Å². The minimum Gasteiger partial charge on any atom is -0.493 e. The second-order valence-electron chi connectivity index (χ2n) is 6.60. The Bertz CT molecular complexity index is 974. The molecule has 7 nitrogen and oxygen atoms in total. The predicted molar refractivity (Wildman–Crippen MR) is 117 cm³/mol. The zero-order chi connectivity index (χ0) is 22.6. The summed E-state index contributed by atoms with van der Waals surface area (Å²) in [6, 6.07) is 14.1. The Kier molecular flexibility index (Phi) is 9.12. The molecular weight excluding hydrogens is 396 g/mol. The number of ether oxygens (including phenoxy) is 3. The molecule has 2 aromatic rings. The van der Waals surface area contributed by atoms with Crippen LogP contribution in [-0.2, 0) is 16.0 Å². The number of esters is 1. The van der Waals surface area contributed by atoms with Gasteiger partial charge in [-0.15, -0.1) is 0 Å². The summed E-state index contributed by atoms with van der Waals surface area (Å²) < 4.78 is 16.1. The highest BCUT2D eigenvalue weighted by Gasteiger charge is 2.13. The highest BCUT2D eigenvalue weighted by molar-refractivity contribution is 6.01. The van der Waals surface area contributed by atoms with E-state index in [0.29, 0.717) is 23.6 Å². The van der Waals surface area contributed by atoms with E-state index in [1.165, 1.54) is 24.8 Å². The number of hydrogen-bond donors (Lipinski definition) is 1. The van der Waals surface area contributed by atoms with E-state index in [-0.39, 0.29) is 17.9 Å². The quantitative estimate of drug-likeness (QED) is 0.272. The molecule has 0 aliphatic carbocycles. The number of amides is 1. The Morgan fingerprint density at radius 1 is 1.10 bits per heavy atom. The SMILES string of the molecule is CCCNC(=O)/C(C#N)=C/c1ccc(OC(=O)COc2ccc(CC)cc2)c(OC)c1. The third-order valence-electron chi connectivity index (χ3n) is 4.31. The molecule has 31 heavy (non-hydrogen) atoms. The lowest BCUT2D eigenvalue weighted by atomic mass is 10.1. The fourth-order valence-corrected chi connectivity index (χ4v) is 2.62. The first-order chi connectivity index (χ1) is 15.0. The van der Waals surface area contributed by atoms with Gasteiger partial charge in [0, 0.05) is 6.54 Å². The van der Waals surface area contributed by atoms with Gasteiger partial charge in [-0.2, -0.15) is 5.26 Å². The summed E-state index contributed by atoms with van der Waals surface area (Å²) >= 11 is 0. The molecule has 1 amide bonds. The van der Waals surface area contributed by atoms with Crippen LogP contribution in [0.5, 0.6) is 17.2 Å². The molecule has 0 aliphatic heterocycles. The van der Waals surface area contributed by atoms with Crippen LogP contribution >= 0.6 is 0 Å². The first-order valence-electron chi connectivity index (χ1n) is 10.0. The molecule has 0 unspecified atom stereocenters. The van der Waals surface area contributed by atoms with Crippen LogP contribution in [0.2, 0.25) is 0 Å². The summed E-state index contributed by atoms with van der Waals surface area (Å²) in [7, 11) is 1.44. The molecule has 0 saturated carbocycles. The second kappa shape index (κ2) is 12.0. The summed E-state index contributed by atoms with van der Waals surface area (Å²) in [5.74, 6) is 0.0527. The number of hydrogen-bond acceptors (Lipinski definition) is 6. The van der Waals surface area contributed by atoms with Gasteiger partial charge in [0.25, 0.3) is 5.91 Å². The number of methoxy groups -OCH3 is 1. The molecule has 162 valence electrons. The zero-order valence-corrected chi connectivity index (χ0v) is 17.9. The molecule has 0 fully saturated rings. The Morgan fingerprint density at radius 2 is 1.84 bits per heavy atom. The Balaban J connectivity index is 2.04. The first kappa shape index (κ1) is 23.5. The van der Waals surface area contributed by atoms with Gasteiger partial charge in [-0.25, -0.2) is 4.79 Å². The standard InChI is InChI=1S/C24H26N2O5/c1-4-12-26-24(28)19(15-25)13-18-8-11-21(22(14-18)29-3)31-23(27)16-30-20-9-6-17(5-2)7-10-20/h6-11,13-14H,4-5,12,16H2,1-3H3,(H,26,28)/b19-13+. The van der Waals surface area contributed by atoms with E-state index in [1.54, 1.807) is 24.3 Å². The molecule has 7 heteroatoms. The molecule has 0 aromatic heterocycles. The third-order valence-corrected chi connectivity index (χ3v) is 4.31. The summed E-state index contributed by atoms with van der Waals surface area (Å²) in [6.07, 6.45) is 3.14. The smallest absolute Gasteiger partial charge is 0.349 e. The molecule has 2 rings (SSSR count). The van der Waals surface area contributed by atoms with Crippen molar-refractivity contribution >= 4 is 18.0 Å². The van der Waals surface area contributed by atoms with Crippen molar-refractivity contribution in [2.45, 2.75) is 26.7 Å². The highest BCUT2D eigenvalue weighted by Crippen LogP contribution is 2.29. The van der Waals surface area contributed by atoms with Crippen molar-refractivity contribution in [3.8, 4) is 23.3 Å². The average Bonchev–Trinajstić information content (AvgIpc) is 2.80. The number of benzene rings is 2. The topological polar surface area (TPSA) is 97.7 Å². The van der Waals surface area contributed by atoms with Gasteiger partial charge in [-0.1, -0.05) is 32.0 Å². The van der Waals surface area contributed by atoms with E-state index >= 15 is 0 Å². The maximum absolute atomic E-state index is 12.2. The van der Waals surface area contributed by atoms with Gasteiger partial charge < -0.3 is 19.5 Å². The summed E-state index contributed by atoms with van der Waals surface area (Å²) in [6.45, 7) is 4.21. The van der Waals surface area contributed by atoms with Crippen molar-refractivity contribution in [1.82, 2.24) is 5.32 Å². The summed E-state index contributed by atoms with van der Waals surface area (Å²) in [5.41, 5.74) is 1.71. The number of aryl methyl sites for hydroxylation is 1. The second-order valence-corrected chi connectivity index (χ2v) is 6.60. The van der Waals surface area contributed by atoms with E-state index in [9.17, 15) is 14.9 Å². The molecule has 0 saturated heterocycles. The minimum atomic E-state index is -0.585. The normalized spacial score (nSPS) is 10.7. The Hall–Kier alpha value is -3.79. The first-order valence-corrected chi connectivity index (χ1v) is 10.0. The maximum Gasteiger partial charge on any atom is 0.349 e. The van der Waals surface area contributed by atoms with Crippen LogP contribution in [0.1, 0.15) is 31.4 Å². The molecular formula is C24H26N2O5. The lowest BCUT2D eigenvalue weighted by molar-refractivity contribution is -0.136. The Morgan fingerprint density at radius 3 is 2.45 bits per heavy atom. The minimum absolute atomic E-state index is 0.0252. The van der Waals surface area contributed by atoms with Crippen LogP contribution in [0.25, 0.3) is 6.08 Å². The molecule has 0 atom stereocenters. The van der Waals surface area contributed by atoms with Crippen LogP contribution in [0.4, 0.5) is 0 Å². The van der Waals surface area contributed by atoms with E-state index in [1.807, 2.05) is 25.1 Å². The highest BCUT2D eigenvalue weighted by atomic mass is 16.6. The van der Waals surface area contributed by atoms with Gasteiger partial charge >= 0.3 is 5.97 Å². The molecule has 0 radical (unpaired) electrons. The largest absolute Gasteiger partial charge is 0.493 e. The van der Waals surface area contributed by atoms with Crippen LogP contribution in [0, 0.1) is 11.3 Å². The number of carbonyl (C=O) groups is 2. The number of carbonyl (C=O) groups excluding carboxylic acids is 2. The molecule has 0 spiro atoms. The van der Waals surface area contributed by atoms with Crippen LogP contribution < -0.4 is 19.5 Å². The molecule has 0 bridgehead atoms. The summed E-state index contributed by atoms with van der Waals surface area (Å²) in [5, 5.41) is 11.9. The lowest BCUT2D eigenvalue weighted by Gasteiger charge is -2.11. The van der Waals surface area contributed by atoms with E-state index in [2.05, 4.69) is 12.2 Å². The number of nitrogens with zero attached hydrogens (tertiary/aromatic N) is 1. The molecule has 2 aromatic carbocycles. The average molecular weight is 422 g/mol. The van der Waals surface area contributed by atoms with Crippen LogP contribution in [0.15, 0.2) is 48.0 Å². The van der Waals surface area contributed by atoms with Crippen LogP contribution in [0.3, 0.4) is 0 Å². The fourth-order valence-electron chi connectivity index (χ4n) is 2.62. The number of rotatable bonds is 10. The van der Waals surface area contributed by atoms with Gasteiger partial charge in [0.2, 0.25) is 0 Å². The van der Waals surface area contributed by atoms with Gasteiger partial charge in [0.1, 0.15) is 17.4 Å². The fraction of sp³-hybridized carbons (Fsp3) is 0.292. The van der Waals surface area contributed by atoms with Gasteiger partial charge in [-0.3, -0.25) is 4.79 Å². The van der Waals surface area contributed by atoms with Crippen molar-refractivity contribution < 1.29 is 23.8 Å². The number of nitrogens with one attached hydrogen (secondary N) is 1. The van der Waals surface area contributed by atoms with E-state index in [0.717, 1.165) is 12.8 Å². The van der Waals surface area contributed by atoms with Crippen LogP contribution in [-0.4, -0.2) is 32.1 Å². The van der Waals surface area contributed by atoms with Crippen molar-refractivity contribution in [3.63, 3.8) is 0 Å². The molecule has 0 heterocycles. The monoisotopic (exact) mass is 422 g/mol. The van der Waals surface area contributed by atoms with E-state index < -0.39 is 11.9 Å². The number of nitriles is 1. The zero-order valence-electron chi connectivity index (χ0n) is 17.9. The lowest BCUT2D eigenvalue weighted by Crippen LogP contribution is -2.25. The van der Waals surface area contributed by atoms with Gasteiger partial charge in [-0.05, 0) is 54.3 Å². The summed E-state index contributed by atoms with van der Waals surface area (Å²) in [4.78, 5) is 24.2. The maximum atomic E-state index is 12.2. The predicted octanol–water partition coefficient (Wildman–Crippen LogP) is 3.68. The third kappa shape index (κ3) is 7.19. The van der Waals surface area contributed by atoms with E-state index in [4.69, 9.17) is 14.2 Å².